The van der Waals surface area contributed by atoms with Crippen LogP contribution >= 0.6 is 0 Å². The standard InChI is InChI=1S/C14H16F2N4/c1-3-9(18)4-8(7-17)14-19-12-5-10(15)11(16)6-13(12)20(14)2/h4-7H,3,17-18H2,1-2H3/b8-7+,9-4-. The molecule has 0 bridgehead atoms. The smallest absolute Gasteiger partial charge is 0.161 e. The summed E-state index contributed by atoms with van der Waals surface area (Å²) in [4.78, 5) is 4.28. The zero-order chi connectivity index (χ0) is 14.9. The van der Waals surface area contributed by atoms with E-state index in [9.17, 15) is 8.78 Å². The van der Waals surface area contributed by atoms with Crippen LogP contribution in [-0.2, 0) is 7.05 Å². The van der Waals surface area contributed by atoms with Gasteiger partial charge >= 0.3 is 0 Å². The van der Waals surface area contributed by atoms with Crippen molar-refractivity contribution in [3.63, 3.8) is 0 Å². The van der Waals surface area contributed by atoms with Crippen LogP contribution in [0.4, 0.5) is 8.78 Å². The third kappa shape index (κ3) is 2.36. The van der Waals surface area contributed by atoms with E-state index in [0.717, 1.165) is 12.1 Å². The number of aryl methyl sites for hydroxylation is 1. The van der Waals surface area contributed by atoms with Crippen LogP contribution in [0.5, 0.6) is 0 Å². The lowest BCUT2D eigenvalue weighted by atomic mass is 10.2. The summed E-state index contributed by atoms with van der Waals surface area (Å²) in [6, 6.07) is 2.18. The first-order chi connectivity index (χ1) is 9.47. The predicted molar refractivity (Wildman–Crippen MR) is 75.4 cm³/mol. The van der Waals surface area contributed by atoms with Gasteiger partial charge in [-0.1, -0.05) is 6.92 Å². The molecule has 0 fully saturated rings. The van der Waals surface area contributed by atoms with Gasteiger partial charge in [0.2, 0.25) is 0 Å². The lowest BCUT2D eigenvalue weighted by molar-refractivity contribution is 0.510. The minimum Gasteiger partial charge on any atom is -0.404 e. The number of benzene rings is 1. The summed E-state index contributed by atoms with van der Waals surface area (Å²) < 4.78 is 28.2. The van der Waals surface area contributed by atoms with Gasteiger partial charge < -0.3 is 16.0 Å². The fourth-order valence-corrected chi connectivity index (χ4v) is 1.93. The highest BCUT2D eigenvalue weighted by molar-refractivity contribution is 5.82. The van der Waals surface area contributed by atoms with E-state index in [1.807, 2.05) is 6.92 Å². The molecule has 0 radical (unpaired) electrons. The summed E-state index contributed by atoms with van der Waals surface area (Å²) in [5, 5.41) is 0. The first-order valence-electron chi connectivity index (χ1n) is 6.17. The molecule has 4 N–H and O–H groups in total. The summed E-state index contributed by atoms with van der Waals surface area (Å²) in [6.45, 7) is 1.92. The highest BCUT2D eigenvalue weighted by Gasteiger charge is 2.14. The van der Waals surface area contributed by atoms with Gasteiger partial charge in [0.05, 0.1) is 11.0 Å². The Kier molecular flexibility index (Phi) is 3.74. The molecule has 0 saturated heterocycles. The Labute approximate surface area is 115 Å². The normalized spacial score (nSPS) is 13.2. The summed E-state index contributed by atoms with van der Waals surface area (Å²) in [6.07, 6.45) is 3.74. The van der Waals surface area contributed by atoms with Crippen molar-refractivity contribution in [2.24, 2.45) is 18.5 Å². The molecule has 2 rings (SSSR count). The zero-order valence-electron chi connectivity index (χ0n) is 11.3. The summed E-state index contributed by atoms with van der Waals surface area (Å²) in [5.74, 6) is -1.33. The number of imidazole rings is 1. The van der Waals surface area contributed by atoms with Gasteiger partial charge in [-0.05, 0) is 12.5 Å². The van der Waals surface area contributed by atoms with Crippen LogP contribution in [0.15, 0.2) is 30.1 Å². The maximum absolute atomic E-state index is 13.3. The number of aromatic nitrogens is 2. The van der Waals surface area contributed by atoms with Crippen LogP contribution in [0.3, 0.4) is 0 Å². The first-order valence-corrected chi connectivity index (χ1v) is 6.17. The topological polar surface area (TPSA) is 69.9 Å². The monoisotopic (exact) mass is 278 g/mol. The van der Waals surface area contributed by atoms with Crippen molar-refractivity contribution in [1.29, 1.82) is 0 Å². The first kappa shape index (κ1) is 14.0. The Bertz CT molecular complexity index is 714. The molecule has 6 heteroatoms. The third-order valence-electron chi connectivity index (χ3n) is 3.11. The number of halogens is 2. The number of nitrogens with two attached hydrogens (primary N) is 2. The Morgan fingerprint density at radius 3 is 2.60 bits per heavy atom. The van der Waals surface area contributed by atoms with Crippen LogP contribution in [0.1, 0.15) is 19.2 Å². The van der Waals surface area contributed by atoms with Crippen LogP contribution in [0.25, 0.3) is 16.6 Å². The van der Waals surface area contributed by atoms with Crippen molar-refractivity contribution in [3.8, 4) is 0 Å². The fraction of sp³-hybridized carbons (Fsp3) is 0.214. The van der Waals surface area contributed by atoms with Gasteiger partial charge in [0.1, 0.15) is 5.82 Å². The van der Waals surface area contributed by atoms with Crippen LogP contribution < -0.4 is 11.5 Å². The van der Waals surface area contributed by atoms with Crippen molar-refractivity contribution >= 4 is 16.6 Å². The van der Waals surface area contributed by atoms with Crippen molar-refractivity contribution in [3.05, 3.63) is 47.6 Å². The maximum Gasteiger partial charge on any atom is 0.161 e. The number of rotatable bonds is 3. The molecule has 2 aromatic rings. The van der Waals surface area contributed by atoms with Gasteiger partial charge in [0.15, 0.2) is 11.6 Å². The molecule has 0 aliphatic rings. The molecule has 0 unspecified atom stereocenters. The molecule has 1 aromatic heterocycles. The second-order valence-corrected chi connectivity index (χ2v) is 4.44. The number of hydrogen-bond acceptors (Lipinski definition) is 3. The van der Waals surface area contributed by atoms with Gasteiger partial charge in [0.25, 0.3) is 0 Å². The average Bonchev–Trinajstić information content (AvgIpc) is 2.73. The zero-order valence-corrected chi connectivity index (χ0v) is 11.3. The minimum absolute atomic E-state index is 0.365. The number of fused-ring (bicyclic) bond motifs is 1. The largest absolute Gasteiger partial charge is 0.404 e. The van der Waals surface area contributed by atoms with Gasteiger partial charge in [0, 0.05) is 36.7 Å². The molecule has 0 atom stereocenters. The maximum atomic E-state index is 13.3. The Hall–Kier alpha value is -2.37. The van der Waals surface area contributed by atoms with Crippen LogP contribution in [0.2, 0.25) is 0 Å². The Morgan fingerprint density at radius 2 is 2.00 bits per heavy atom. The van der Waals surface area contributed by atoms with E-state index in [1.54, 1.807) is 17.7 Å². The fourth-order valence-electron chi connectivity index (χ4n) is 1.93. The van der Waals surface area contributed by atoms with E-state index in [4.69, 9.17) is 11.5 Å². The summed E-state index contributed by atoms with van der Waals surface area (Å²) in [7, 11) is 1.71. The molecule has 106 valence electrons. The van der Waals surface area contributed by atoms with E-state index in [2.05, 4.69) is 4.98 Å². The Balaban J connectivity index is 2.63. The van der Waals surface area contributed by atoms with Gasteiger partial charge in [-0.2, -0.15) is 0 Å². The average molecular weight is 278 g/mol. The highest BCUT2D eigenvalue weighted by atomic mass is 19.2. The molecule has 1 heterocycles. The van der Waals surface area contributed by atoms with Crippen molar-refractivity contribution < 1.29 is 8.78 Å². The molecule has 20 heavy (non-hydrogen) atoms. The predicted octanol–water partition coefficient (Wildman–Crippen LogP) is 2.40. The second-order valence-electron chi connectivity index (χ2n) is 4.44. The molecule has 0 amide bonds. The summed E-state index contributed by atoms with van der Waals surface area (Å²) in [5.41, 5.74) is 13.5. The van der Waals surface area contributed by atoms with Crippen molar-refractivity contribution in [1.82, 2.24) is 9.55 Å². The quantitative estimate of drug-likeness (QED) is 0.847. The number of nitrogens with zero attached hydrogens (tertiary/aromatic N) is 2. The van der Waals surface area contributed by atoms with Crippen LogP contribution in [-0.4, -0.2) is 9.55 Å². The number of hydrogen-bond donors (Lipinski definition) is 2. The highest BCUT2D eigenvalue weighted by Crippen LogP contribution is 2.23. The van der Waals surface area contributed by atoms with Crippen molar-refractivity contribution in [2.45, 2.75) is 13.3 Å². The minimum atomic E-state index is -0.927. The Morgan fingerprint density at radius 1 is 1.35 bits per heavy atom. The molecular formula is C14H16F2N4. The van der Waals surface area contributed by atoms with Gasteiger partial charge in [-0.15, -0.1) is 0 Å². The van der Waals surface area contributed by atoms with Gasteiger partial charge in [-0.3, -0.25) is 0 Å². The molecule has 0 saturated carbocycles. The lowest BCUT2D eigenvalue weighted by Gasteiger charge is -2.04. The van der Waals surface area contributed by atoms with E-state index >= 15 is 0 Å². The molecule has 0 aliphatic heterocycles. The van der Waals surface area contributed by atoms with E-state index in [0.29, 0.717) is 34.5 Å². The molecular weight excluding hydrogens is 262 g/mol. The summed E-state index contributed by atoms with van der Waals surface area (Å²) >= 11 is 0. The molecule has 0 spiro atoms. The lowest BCUT2D eigenvalue weighted by Crippen LogP contribution is -2.01. The van der Waals surface area contributed by atoms with E-state index in [1.165, 1.54) is 6.20 Å². The van der Waals surface area contributed by atoms with E-state index < -0.39 is 11.6 Å². The SMILES string of the molecule is CC/C(N)=C/C(=C\N)c1nc2cc(F)c(F)cc2n1C. The second kappa shape index (κ2) is 5.32. The molecule has 0 aliphatic carbocycles. The molecule has 1 aromatic carbocycles. The number of allylic oxidation sites excluding steroid dienone is 3. The van der Waals surface area contributed by atoms with Crippen molar-refractivity contribution in [2.75, 3.05) is 0 Å². The van der Waals surface area contributed by atoms with Crippen LogP contribution in [0, 0.1) is 11.6 Å². The van der Waals surface area contributed by atoms with Gasteiger partial charge in [-0.25, -0.2) is 13.8 Å². The van der Waals surface area contributed by atoms with E-state index in [-0.39, 0.29) is 0 Å². The molecule has 4 nitrogen and oxygen atoms in total. The third-order valence-corrected chi connectivity index (χ3v) is 3.11.